The zero-order valence-corrected chi connectivity index (χ0v) is 14.7. The molecular formula is C18H26FN3S. The molecular weight excluding hydrogens is 309 g/mol. The second kappa shape index (κ2) is 8.08. The average molecular weight is 335 g/mol. The lowest BCUT2D eigenvalue weighted by Crippen LogP contribution is -2.41. The van der Waals surface area contributed by atoms with Crippen LogP contribution in [0, 0.1) is 5.82 Å². The van der Waals surface area contributed by atoms with E-state index in [0.717, 1.165) is 43.8 Å². The van der Waals surface area contributed by atoms with Gasteiger partial charge in [0.05, 0.1) is 5.69 Å². The van der Waals surface area contributed by atoms with Crippen LogP contribution in [0.25, 0.3) is 10.1 Å². The molecule has 0 unspecified atom stereocenters. The van der Waals surface area contributed by atoms with Crippen molar-refractivity contribution in [1.82, 2.24) is 10.4 Å². The predicted molar refractivity (Wildman–Crippen MR) is 97.7 cm³/mol. The predicted octanol–water partition coefficient (Wildman–Crippen LogP) is 4.25. The summed E-state index contributed by atoms with van der Waals surface area (Å²) in [7, 11) is 0. The molecule has 1 aromatic heterocycles. The molecule has 126 valence electrons. The number of hydrazine groups is 1. The Morgan fingerprint density at radius 3 is 2.96 bits per heavy atom. The first-order chi connectivity index (χ1) is 11.3. The van der Waals surface area contributed by atoms with Gasteiger partial charge in [0.1, 0.15) is 5.82 Å². The molecule has 1 aromatic carbocycles. The molecule has 0 aliphatic carbocycles. The van der Waals surface area contributed by atoms with Crippen LogP contribution in [0.15, 0.2) is 23.6 Å². The lowest BCUT2D eigenvalue weighted by atomic mass is 10.2. The highest BCUT2D eigenvalue weighted by Gasteiger charge is 2.17. The Kier molecular flexibility index (Phi) is 5.86. The first kappa shape index (κ1) is 16.7. The van der Waals surface area contributed by atoms with Crippen molar-refractivity contribution in [3.8, 4) is 0 Å². The van der Waals surface area contributed by atoms with Gasteiger partial charge >= 0.3 is 0 Å². The van der Waals surface area contributed by atoms with E-state index in [4.69, 9.17) is 0 Å². The summed E-state index contributed by atoms with van der Waals surface area (Å²) in [5.74, 6) is -0.149. The van der Waals surface area contributed by atoms with Crippen molar-refractivity contribution in [1.29, 1.82) is 0 Å². The summed E-state index contributed by atoms with van der Waals surface area (Å²) in [6.07, 6.45) is 4.96. The fourth-order valence-electron chi connectivity index (χ4n) is 3.16. The largest absolute Gasteiger partial charge is 0.369 e. The zero-order valence-electron chi connectivity index (χ0n) is 13.9. The molecule has 3 nitrogen and oxygen atoms in total. The van der Waals surface area contributed by atoms with Crippen molar-refractivity contribution in [2.24, 2.45) is 0 Å². The number of halogens is 1. The zero-order chi connectivity index (χ0) is 16.1. The lowest BCUT2D eigenvalue weighted by molar-refractivity contribution is 0.200. The Morgan fingerprint density at radius 2 is 2.09 bits per heavy atom. The maximum absolute atomic E-state index is 13.4. The highest BCUT2D eigenvalue weighted by molar-refractivity contribution is 7.17. The molecule has 1 fully saturated rings. The van der Waals surface area contributed by atoms with Crippen LogP contribution in [0.2, 0.25) is 0 Å². The molecule has 0 bridgehead atoms. The number of fused-ring (bicyclic) bond motifs is 1. The molecule has 1 aliphatic rings. The SMILES string of the molecule is CCCCCNN1CCCN(c2csc3cc(F)ccc23)CC1. The molecule has 0 radical (unpaired) electrons. The third kappa shape index (κ3) is 4.22. The van der Waals surface area contributed by atoms with Crippen molar-refractivity contribution >= 4 is 27.1 Å². The summed E-state index contributed by atoms with van der Waals surface area (Å²) >= 11 is 1.64. The molecule has 1 saturated heterocycles. The topological polar surface area (TPSA) is 18.5 Å². The van der Waals surface area contributed by atoms with E-state index in [1.54, 1.807) is 23.5 Å². The number of nitrogens with zero attached hydrogens (tertiary/aromatic N) is 2. The van der Waals surface area contributed by atoms with E-state index < -0.39 is 0 Å². The van der Waals surface area contributed by atoms with Crippen molar-refractivity contribution < 1.29 is 4.39 Å². The van der Waals surface area contributed by atoms with Gasteiger partial charge < -0.3 is 4.90 Å². The van der Waals surface area contributed by atoms with Gasteiger partial charge in [-0.15, -0.1) is 11.3 Å². The van der Waals surface area contributed by atoms with Crippen LogP contribution < -0.4 is 10.3 Å². The fraction of sp³-hybridized carbons (Fsp3) is 0.556. The molecule has 2 heterocycles. The number of rotatable bonds is 6. The van der Waals surface area contributed by atoms with Crippen LogP contribution in [0.3, 0.4) is 0 Å². The first-order valence-electron chi connectivity index (χ1n) is 8.68. The molecule has 0 amide bonds. The van der Waals surface area contributed by atoms with Crippen molar-refractivity contribution in [3.05, 3.63) is 29.4 Å². The number of hydrogen-bond acceptors (Lipinski definition) is 4. The number of nitrogens with one attached hydrogen (secondary N) is 1. The molecule has 1 N–H and O–H groups in total. The van der Waals surface area contributed by atoms with Crippen molar-refractivity contribution in [3.63, 3.8) is 0 Å². The smallest absolute Gasteiger partial charge is 0.124 e. The summed E-state index contributed by atoms with van der Waals surface area (Å²) in [5, 5.41) is 5.72. The second-order valence-electron chi connectivity index (χ2n) is 6.20. The number of thiophene rings is 1. The van der Waals surface area contributed by atoms with Crippen LogP contribution in [0.5, 0.6) is 0 Å². The van der Waals surface area contributed by atoms with Crippen LogP contribution in [-0.4, -0.2) is 37.7 Å². The van der Waals surface area contributed by atoms with E-state index in [2.05, 4.69) is 27.6 Å². The first-order valence-corrected chi connectivity index (χ1v) is 9.56. The fourth-order valence-corrected chi connectivity index (χ4v) is 4.16. The molecule has 0 spiro atoms. The van der Waals surface area contributed by atoms with Gasteiger partial charge in [-0.2, -0.15) is 0 Å². The molecule has 0 atom stereocenters. The maximum Gasteiger partial charge on any atom is 0.124 e. The normalized spacial score (nSPS) is 16.9. The Balaban J connectivity index is 1.61. The van der Waals surface area contributed by atoms with Gasteiger partial charge in [-0.05, 0) is 31.0 Å². The highest BCUT2D eigenvalue weighted by atomic mass is 32.1. The third-order valence-electron chi connectivity index (χ3n) is 4.47. The standard InChI is InChI=1S/C18H26FN3S/c1-2-3-4-8-20-22-10-5-9-21(11-12-22)17-14-23-18-13-15(19)6-7-16(17)18/h6-7,13-14,20H,2-5,8-12H2,1H3. The minimum absolute atomic E-state index is 0.149. The minimum atomic E-state index is -0.149. The number of benzene rings is 1. The van der Waals surface area contributed by atoms with Gasteiger partial charge in [0, 0.05) is 48.2 Å². The maximum atomic E-state index is 13.4. The Morgan fingerprint density at radius 1 is 1.17 bits per heavy atom. The van der Waals surface area contributed by atoms with E-state index >= 15 is 0 Å². The van der Waals surface area contributed by atoms with E-state index in [-0.39, 0.29) is 5.82 Å². The van der Waals surface area contributed by atoms with Gasteiger partial charge in [-0.1, -0.05) is 19.8 Å². The second-order valence-corrected chi connectivity index (χ2v) is 7.12. The van der Waals surface area contributed by atoms with Gasteiger partial charge in [0.2, 0.25) is 0 Å². The molecule has 3 rings (SSSR count). The Labute approximate surface area is 142 Å². The number of anilines is 1. The lowest BCUT2D eigenvalue weighted by Gasteiger charge is -2.23. The molecule has 0 saturated carbocycles. The summed E-state index contributed by atoms with van der Waals surface area (Å²) in [6.45, 7) is 7.53. The quantitative estimate of drug-likeness (QED) is 0.796. The van der Waals surface area contributed by atoms with Gasteiger partial charge in [-0.25, -0.2) is 9.40 Å². The van der Waals surface area contributed by atoms with E-state index in [1.807, 2.05) is 6.07 Å². The Hall–Kier alpha value is -1.17. The van der Waals surface area contributed by atoms with Gasteiger partial charge in [-0.3, -0.25) is 5.43 Å². The van der Waals surface area contributed by atoms with Crippen molar-refractivity contribution in [2.75, 3.05) is 37.6 Å². The van der Waals surface area contributed by atoms with Crippen LogP contribution in [0.1, 0.15) is 32.6 Å². The summed E-state index contributed by atoms with van der Waals surface area (Å²) in [4.78, 5) is 2.45. The molecule has 5 heteroatoms. The monoisotopic (exact) mass is 335 g/mol. The highest BCUT2D eigenvalue weighted by Crippen LogP contribution is 2.33. The summed E-state index contributed by atoms with van der Waals surface area (Å²) in [6, 6.07) is 5.13. The van der Waals surface area contributed by atoms with Crippen LogP contribution in [-0.2, 0) is 0 Å². The van der Waals surface area contributed by atoms with Crippen LogP contribution >= 0.6 is 11.3 Å². The minimum Gasteiger partial charge on any atom is -0.369 e. The molecule has 23 heavy (non-hydrogen) atoms. The van der Waals surface area contributed by atoms with E-state index in [9.17, 15) is 4.39 Å². The van der Waals surface area contributed by atoms with E-state index in [0.29, 0.717) is 0 Å². The van der Waals surface area contributed by atoms with E-state index in [1.165, 1.54) is 30.3 Å². The average Bonchev–Trinajstić information content (AvgIpc) is 2.82. The number of unbranched alkanes of at least 4 members (excludes halogenated alkanes) is 2. The van der Waals surface area contributed by atoms with Gasteiger partial charge in [0.25, 0.3) is 0 Å². The number of hydrogen-bond donors (Lipinski definition) is 1. The molecule has 1 aliphatic heterocycles. The summed E-state index contributed by atoms with van der Waals surface area (Å²) < 4.78 is 14.4. The third-order valence-corrected chi connectivity index (χ3v) is 5.40. The van der Waals surface area contributed by atoms with Crippen LogP contribution in [0.4, 0.5) is 10.1 Å². The molecule has 2 aromatic rings. The Bertz CT molecular complexity index is 628. The summed E-state index contributed by atoms with van der Waals surface area (Å²) in [5.41, 5.74) is 4.83. The van der Waals surface area contributed by atoms with Crippen molar-refractivity contribution in [2.45, 2.75) is 32.6 Å². The van der Waals surface area contributed by atoms with Gasteiger partial charge in [0.15, 0.2) is 0 Å².